The maximum Gasteiger partial charge on any atom is 0.228 e. The number of fused-ring (bicyclic) bond motifs is 1. The van der Waals surface area contributed by atoms with Crippen molar-refractivity contribution in [3.63, 3.8) is 0 Å². The molecule has 17 heavy (non-hydrogen) atoms. The Morgan fingerprint density at radius 2 is 2.41 bits per heavy atom. The number of carbonyl (C=O) groups is 2. The first-order valence-electron chi connectivity index (χ1n) is 5.68. The van der Waals surface area contributed by atoms with Gasteiger partial charge >= 0.3 is 0 Å². The molecule has 2 aliphatic rings. The van der Waals surface area contributed by atoms with Crippen LogP contribution in [-0.2, 0) is 9.59 Å². The van der Waals surface area contributed by atoms with E-state index in [9.17, 15) is 9.59 Å². The Kier molecular flexibility index (Phi) is 3.69. The summed E-state index contributed by atoms with van der Waals surface area (Å²) in [7, 11) is 0. The Morgan fingerprint density at radius 3 is 3.12 bits per heavy atom. The van der Waals surface area contributed by atoms with E-state index in [1.165, 1.54) is 11.8 Å². The van der Waals surface area contributed by atoms with Crippen LogP contribution >= 0.6 is 11.8 Å². The van der Waals surface area contributed by atoms with E-state index in [4.69, 9.17) is 5.11 Å². The summed E-state index contributed by atoms with van der Waals surface area (Å²) < 4.78 is 0. The summed E-state index contributed by atoms with van der Waals surface area (Å²) in [5, 5.41) is 8.78. The number of aliphatic hydroxyl groups is 1. The van der Waals surface area contributed by atoms with Crippen molar-refractivity contribution >= 4 is 23.5 Å². The molecule has 1 amide bonds. The number of aliphatic hydroxyl groups excluding tert-OH is 1. The molecule has 1 saturated heterocycles. The second kappa shape index (κ2) is 5.06. The SMILES string of the molecule is CC1SC2=CC(=O)CC=C2N1C(=O)CCCO. The van der Waals surface area contributed by atoms with Gasteiger partial charge in [0.25, 0.3) is 0 Å². The van der Waals surface area contributed by atoms with Gasteiger partial charge in [-0.25, -0.2) is 0 Å². The highest BCUT2D eigenvalue weighted by molar-refractivity contribution is 8.04. The molecule has 0 aromatic heterocycles. The first kappa shape index (κ1) is 12.4. The molecule has 0 aromatic carbocycles. The van der Waals surface area contributed by atoms with Crippen molar-refractivity contribution in [1.29, 1.82) is 0 Å². The Bertz CT molecular complexity index is 414. The van der Waals surface area contributed by atoms with Crippen LogP contribution in [0.5, 0.6) is 0 Å². The number of thioether (sulfide) groups is 1. The van der Waals surface area contributed by atoms with Crippen molar-refractivity contribution in [2.45, 2.75) is 31.6 Å². The fourth-order valence-corrected chi connectivity index (χ4v) is 3.21. The van der Waals surface area contributed by atoms with E-state index in [2.05, 4.69) is 0 Å². The summed E-state index contributed by atoms with van der Waals surface area (Å²) in [6.07, 6.45) is 4.65. The van der Waals surface area contributed by atoms with Gasteiger partial charge in [-0.15, -0.1) is 0 Å². The molecule has 5 heteroatoms. The number of carbonyl (C=O) groups excluding carboxylic acids is 2. The first-order valence-corrected chi connectivity index (χ1v) is 6.56. The van der Waals surface area contributed by atoms with E-state index in [1.54, 1.807) is 11.0 Å². The molecule has 92 valence electrons. The lowest BCUT2D eigenvalue weighted by Crippen LogP contribution is -2.32. The van der Waals surface area contributed by atoms with Gasteiger partial charge in [-0.05, 0) is 19.4 Å². The van der Waals surface area contributed by atoms with E-state index in [0.29, 0.717) is 19.3 Å². The summed E-state index contributed by atoms with van der Waals surface area (Å²) >= 11 is 1.54. The highest BCUT2D eigenvalue weighted by Gasteiger charge is 2.35. The molecule has 0 saturated carbocycles. The maximum atomic E-state index is 12.0. The average molecular weight is 253 g/mol. The van der Waals surface area contributed by atoms with Crippen LogP contribution in [0.15, 0.2) is 22.8 Å². The van der Waals surface area contributed by atoms with Crippen molar-refractivity contribution in [2.75, 3.05) is 6.61 Å². The minimum Gasteiger partial charge on any atom is -0.396 e. The Hall–Kier alpha value is -1.07. The minimum absolute atomic E-state index is 0.0167. The van der Waals surface area contributed by atoms with Crippen LogP contribution < -0.4 is 0 Å². The number of allylic oxidation sites excluding steroid dienone is 2. The molecule has 1 heterocycles. The van der Waals surface area contributed by atoms with Crippen LogP contribution in [-0.4, -0.2) is 33.7 Å². The van der Waals surface area contributed by atoms with E-state index in [-0.39, 0.29) is 23.7 Å². The lowest BCUT2D eigenvalue weighted by Gasteiger charge is -2.22. The summed E-state index contributed by atoms with van der Waals surface area (Å²) in [6, 6.07) is 0. The van der Waals surface area contributed by atoms with Gasteiger partial charge in [-0.2, -0.15) is 0 Å². The molecule has 1 aliphatic carbocycles. The standard InChI is InChI=1S/C12H15NO3S/c1-8-13(12(16)3-2-6-14)10-5-4-9(15)7-11(10)17-8/h5,7-8,14H,2-4,6H2,1H3. The van der Waals surface area contributed by atoms with Crippen molar-refractivity contribution in [3.8, 4) is 0 Å². The van der Waals surface area contributed by atoms with Gasteiger partial charge in [0.2, 0.25) is 5.91 Å². The minimum atomic E-state index is 0.0167. The predicted molar refractivity (Wildman–Crippen MR) is 66.0 cm³/mol. The molecule has 2 rings (SSSR count). The second-order valence-corrected chi connectivity index (χ2v) is 5.43. The monoisotopic (exact) mass is 253 g/mol. The molecule has 0 radical (unpaired) electrons. The third kappa shape index (κ3) is 2.45. The van der Waals surface area contributed by atoms with E-state index < -0.39 is 0 Å². The summed E-state index contributed by atoms with van der Waals surface area (Å²) in [4.78, 5) is 25.9. The Labute approximate surface area is 104 Å². The largest absolute Gasteiger partial charge is 0.396 e. The first-order chi connectivity index (χ1) is 8.13. The predicted octanol–water partition coefficient (Wildman–Crippen LogP) is 1.42. The van der Waals surface area contributed by atoms with E-state index >= 15 is 0 Å². The molecule has 4 nitrogen and oxygen atoms in total. The Morgan fingerprint density at radius 1 is 1.65 bits per heavy atom. The number of rotatable bonds is 3. The Balaban J connectivity index is 2.16. The molecule has 1 atom stereocenters. The summed E-state index contributed by atoms with van der Waals surface area (Å²) in [5.41, 5.74) is 0.866. The molecule has 1 fully saturated rings. The molecular weight excluding hydrogens is 238 g/mol. The molecule has 0 bridgehead atoms. The maximum absolute atomic E-state index is 12.0. The van der Waals surface area contributed by atoms with Gasteiger partial charge in [0.1, 0.15) is 0 Å². The highest BCUT2D eigenvalue weighted by atomic mass is 32.2. The molecule has 1 aliphatic heterocycles. The topological polar surface area (TPSA) is 57.6 Å². The number of amides is 1. The van der Waals surface area contributed by atoms with E-state index in [0.717, 1.165) is 10.6 Å². The third-order valence-electron chi connectivity index (χ3n) is 2.78. The molecule has 1 N–H and O–H groups in total. The molecule has 1 unspecified atom stereocenters. The van der Waals surface area contributed by atoms with Crippen LogP contribution in [0.25, 0.3) is 0 Å². The lowest BCUT2D eigenvalue weighted by atomic mass is 10.1. The zero-order valence-corrected chi connectivity index (χ0v) is 10.5. The second-order valence-electron chi connectivity index (χ2n) is 4.08. The summed E-state index contributed by atoms with van der Waals surface area (Å²) in [5.74, 6) is 0.108. The lowest BCUT2D eigenvalue weighted by molar-refractivity contribution is -0.129. The van der Waals surface area contributed by atoms with Crippen molar-refractivity contribution in [3.05, 3.63) is 22.8 Å². The van der Waals surface area contributed by atoms with Gasteiger partial charge in [-0.1, -0.05) is 17.8 Å². The van der Waals surface area contributed by atoms with E-state index in [1.807, 2.05) is 13.0 Å². The molecule has 0 spiro atoms. The third-order valence-corrected chi connectivity index (χ3v) is 3.91. The smallest absolute Gasteiger partial charge is 0.228 e. The average Bonchev–Trinajstić information content (AvgIpc) is 2.61. The van der Waals surface area contributed by atoms with Gasteiger partial charge in [0, 0.05) is 24.4 Å². The molecule has 0 aromatic rings. The van der Waals surface area contributed by atoms with Gasteiger partial charge in [0.05, 0.1) is 11.1 Å². The fourth-order valence-electron chi connectivity index (χ4n) is 2.01. The highest BCUT2D eigenvalue weighted by Crippen LogP contribution is 2.43. The van der Waals surface area contributed by atoms with Crippen LogP contribution in [0.3, 0.4) is 0 Å². The van der Waals surface area contributed by atoms with Crippen molar-refractivity contribution < 1.29 is 14.7 Å². The zero-order valence-electron chi connectivity index (χ0n) is 9.68. The molecular formula is C12H15NO3S. The normalized spacial score (nSPS) is 23.3. The van der Waals surface area contributed by atoms with Gasteiger partial charge < -0.3 is 5.11 Å². The van der Waals surface area contributed by atoms with Crippen LogP contribution in [0.4, 0.5) is 0 Å². The van der Waals surface area contributed by atoms with Gasteiger partial charge in [-0.3, -0.25) is 14.5 Å². The number of hydrogen-bond acceptors (Lipinski definition) is 4. The zero-order chi connectivity index (χ0) is 12.4. The number of nitrogens with zero attached hydrogens (tertiary/aromatic N) is 1. The van der Waals surface area contributed by atoms with Gasteiger partial charge in [0.15, 0.2) is 5.78 Å². The summed E-state index contributed by atoms with van der Waals surface area (Å²) in [6.45, 7) is 1.98. The number of hydrogen-bond donors (Lipinski definition) is 1. The van der Waals surface area contributed by atoms with Crippen molar-refractivity contribution in [1.82, 2.24) is 4.90 Å². The van der Waals surface area contributed by atoms with Crippen molar-refractivity contribution in [2.24, 2.45) is 0 Å². The van der Waals surface area contributed by atoms with Crippen LogP contribution in [0.2, 0.25) is 0 Å². The quantitative estimate of drug-likeness (QED) is 0.826. The number of ketones is 1. The van der Waals surface area contributed by atoms with Crippen LogP contribution in [0, 0.1) is 0 Å². The fraction of sp³-hybridized carbons (Fsp3) is 0.500. The van der Waals surface area contributed by atoms with Crippen LogP contribution in [0.1, 0.15) is 26.2 Å².